The molecule has 2 nitrogen and oxygen atoms in total. The summed E-state index contributed by atoms with van der Waals surface area (Å²) < 4.78 is 5.59. The maximum Gasteiger partial charge on any atom is 0.0909 e. The highest BCUT2D eigenvalue weighted by atomic mass is 16.5. The molecule has 0 rings (SSSR count). The summed E-state index contributed by atoms with van der Waals surface area (Å²) in [4.78, 5) is 0. The van der Waals surface area contributed by atoms with Crippen LogP contribution in [0.1, 0.15) is 47.5 Å². The summed E-state index contributed by atoms with van der Waals surface area (Å²) in [5.74, 6) is 0.515. The molecule has 0 aromatic heterocycles. The molecule has 0 bridgehead atoms. The van der Waals surface area contributed by atoms with Crippen LogP contribution in [0.2, 0.25) is 0 Å². The Balaban J connectivity index is 4.19. The Labute approximate surface area is 82.3 Å². The van der Waals surface area contributed by atoms with Crippen molar-refractivity contribution in [1.82, 2.24) is 0 Å². The molecular weight excluding hydrogens is 164 g/mol. The minimum atomic E-state index is -0.362. The topological polar surface area (TPSA) is 29.5 Å². The fraction of sp³-hybridized carbons (Fsp3) is 1.00. The lowest BCUT2D eigenvalue weighted by Gasteiger charge is -2.34. The molecule has 0 aliphatic heterocycles. The van der Waals surface area contributed by atoms with Crippen LogP contribution in [-0.2, 0) is 4.74 Å². The molecule has 2 heteroatoms. The SMILES string of the molecule is CCOC(C)(CC)C(O)CC(C)C. The Kier molecular flexibility index (Phi) is 5.57. The van der Waals surface area contributed by atoms with Crippen molar-refractivity contribution in [3.05, 3.63) is 0 Å². The monoisotopic (exact) mass is 188 g/mol. The lowest BCUT2D eigenvalue weighted by molar-refractivity contribution is -0.116. The third kappa shape index (κ3) is 4.10. The average Bonchev–Trinajstić information content (AvgIpc) is 2.03. The van der Waals surface area contributed by atoms with E-state index in [-0.39, 0.29) is 11.7 Å². The zero-order chi connectivity index (χ0) is 10.5. The molecule has 2 unspecified atom stereocenters. The van der Waals surface area contributed by atoms with Crippen molar-refractivity contribution >= 4 is 0 Å². The van der Waals surface area contributed by atoms with Crippen LogP contribution in [0.4, 0.5) is 0 Å². The summed E-state index contributed by atoms with van der Waals surface area (Å²) >= 11 is 0. The number of aliphatic hydroxyl groups is 1. The predicted octanol–water partition coefficient (Wildman–Crippen LogP) is 2.60. The van der Waals surface area contributed by atoms with Crippen molar-refractivity contribution in [2.45, 2.75) is 59.2 Å². The first kappa shape index (κ1) is 12.9. The number of ether oxygens (including phenoxy) is 1. The highest BCUT2D eigenvalue weighted by Crippen LogP contribution is 2.24. The largest absolute Gasteiger partial charge is 0.390 e. The van der Waals surface area contributed by atoms with Gasteiger partial charge in [-0.25, -0.2) is 0 Å². The van der Waals surface area contributed by atoms with Gasteiger partial charge in [-0.3, -0.25) is 0 Å². The van der Waals surface area contributed by atoms with Crippen LogP contribution in [0, 0.1) is 5.92 Å². The Morgan fingerprint density at radius 1 is 1.31 bits per heavy atom. The lowest BCUT2D eigenvalue weighted by atomic mass is 9.89. The molecule has 0 radical (unpaired) electrons. The fourth-order valence-corrected chi connectivity index (χ4v) is 1.46. The van der Waals surface area contributed by atoms with E-state index in [1.807, 2.05) is 13.8 Å². The Morgan fingerprint density at radius 3 is 2.15 bits per heavy atom. The molecule has 80 valence electrons. The van der Waals surface area contributed by atoms with E-state index in [0.29, 0.717) is 12.5 Å². The summed E-state index contributed by atoms with van der Waals surface area (Å²) in [6.45, 7) is 10.9. The Bertz CT molecular complexity index is 134. The normalized spacial score (nSPS) is 18.7. The summed E-state index contributed by atoms with van der Waals surface area (Å²) in [5, 5.41) is 9.94. The van der Waals surface area contributed by atoms with Gasteiger partial charge in [-0.15, -0.1) is 0 Å². The van der Waals surface area contributed by atoms with E-state index < -0.39 is 0 Å². The first-order chi connectivity index (χ1) is 5.96. The van der Waals surface area contributed by atoms with Crippen LogP contribution in [0.15, 0.2) is 0 Å². The minimum Gasteiger partial charge on any atom is -0.390 e. The predicted molar refractivity (Wildman–Crippen MR) is 55.8 cm³/mol. The third-order valence-corrected chi connectivity index (χ3v) is 2.58. The number of aliphatic hydroxyl groups excluding tert-OH is 1. The average molecular weight is 188 g/mol. The Morgan fingerprint density at radius 2 is 1.85 bits per heavy atom. The van der Waals surface area contributed by atoms with Gasteiger partial charge in [0, 0.05) is 6.61 Å². The van der Waals surface area contributed by atoms with Crippen molar-refractivity contribution in [2.24, 2.45) is 5.92 Å². The molecule has 2 atom stereocenters. The van der Waals surface area contributed by atoms with Gasteiger partial charge in [0.15, 0.2) is 0 Å². The van der Waals surface area contributed by atoms with Crippen molar-refractivity contribution < 1.29 is 9.84 Å². The number of hydrogen-bond donors (Lipinski definition) is 1. The van der Waals surface area contributed by atoms with Gasteiger partial charge in [-0.2, -0.15) is 0 Å². The lowest BCUT2D eigenvalue weighted by Crippen LogP contribution is -2.42. The highest BCUT2D eigenvalue weighted by Gasteiger charge is 2.31. The molecule has 0 aliphatic rings. The van der Waals surface area contributed by atoms with Crippen LogP contribution in [0.25, 0.3) is 0 Å². The molecule has 0 saturated heterocycles. The maximum atomic E-state index is 9.94. The van der Waals surface area contributed by atoms with Gasteiger partial charge in [-0.05, 0) is 32.6 Å². The van der Waals surface area contributed by atoms with Gasteiger partial charge in [0.2, 0.25) is 0 Å². The second-order valence-electron chi connectivity index (χ2n) is 4.24. The van der Waals surface area contributed by atoms with E-state index in [9.17, 15) is 5.11 Å². The third-order valence-electron chi connectivity index (χ3n) is 2.58. The van der Waals surface area contributed by atoms with E-state index in [4.69, 9.17) is 4.74 Å². The number of rotatable bonds is 6. The zero-order valence-corrected chi connectivity index (χ0v) is 9.63. The molecule has 1 N–H and O–H groups in total. The maximum absolute atomic E-state index is 9.94. The second kappa shape index (κ2) is 5.61. The first-order valence-corrected chi connectivity index (χ1v) is 5.28. The minimum absolute atomic E-state index is 0.350. The van der Waals surface area contributed by atoms with E-state index in [0.717, 1.165) is 12.8 Å². The smallest absolute Gasteiger partial charge is 0.0909 e. The summed E-state index contributed by atoms with van der Waals surface area (Å²) in [6.07, 6.45) is 1.32. The van der Waals surface area contributed by atoms with Crippen molar-refractivity contribution in [3.8, 4) is 0 Å². The second-order valence-corrected chi connectivity index (χ2v) is 4.24. The van der Waals surface area contributed by atoms with Crippen LogP contribution in [0.5, 0.6) is 0 Å². The molecule has 0 aromatic rings. The van der Waals surface area contributed by atoms with Gasteiger partial charge in [0.05, 0.1) is 11.7 Å². The molecule has 0 saturated carbocycles. The molecule has 0 amide bonds. The van der Waals surface area contributed by atoms with Gasteiger partial charge in [-0.1, -0.05) is 20.8 Å². The molecule has 0 aliphatic carbocycles. The molecule has 0 fully saturated rings. The van der Waals surface area contributed by atoms with E-state index in [2.05, 4.69) is 20.8 Å². The van der Waals surface area contributed by atoms with E-state index >= 15 is 0 Å². The molecule has 13 heavy (non-hydrogen) atoms. The van der Waals surface area contributed by atoms with Crippen molar-refractivity contribution in [1.29, 1.82) is 0 Å². The van der Waals surface area contributed by atoms with Crippen LogP contribution in [0.3, 0.4) is 0 Å². The summed E-state index contributed by atoms with van der Waals surface area (Å²) in [5.41, 5.74) is -0.362. The van der Waals surface area contributed by atoms with Gasteiger partial charge in [0.25, 0.3) is 0 Å². The van der Waals surface area contributed by atoms with Crippen LogP contribution < -0.4 is 0 Å². The highest BCUT2D eigenvalue weighted by molar-refractivity contribution is 4.83. The Hall–Kier alpha value is -0.0800. The van der Waals surface area contributed by atoms with Crippen molar-refractivity contribution in [2.75, 3.05) is 6.61 Å². The molecule has 0 heterocycles. The first-order valence-electron chi connectivity index (χ1n) is 5.28. The zero-order valence-electron chi connectivity index (χ0n) is 9.63. The van der Waals surface area contributed by atoms with Gasteiger partial charge >= 0.3 is 0 Å². The van der Waals surface area contributed by atoms with E-state index in [1.54, 1.807) is 0 Å². The summed E-state index contributed by atoms with van der Waals surface area (Å²) in [6, 6.07) is 0. The van der Waals surface area contributed by atoms with Crippen LogP contribution in [-0.4, -0.2) is 23.4 Å². The van der Waals surface area contributed by atoms with E-state index in [1.165, 1.54) is 0 Å². The summed E-state index contributed by atoms with van der Waals surface area (Å²) in [7, 11) is 0. The molecule has 0 aromatic carbocycles. The molecular formula is C11H24O2. The number of hydrogen-bond acceptors (Lipinski definition) is 2. The fourth-order valence-electron chi connectivity index (χ4n) is 1.46. The molecule has 0 spiro atoms. The van der Waals surface area contributed by atoms with Gasteiger partial charge < -0.3 is 9.84 Å². The van der Waals surface area contributed by atoms with Gasteiger partial charge in [0.1, 0.15) is 0 Å². The standard InChI is InChI=1S/C11H24O2/c1-6-11(5,13-7-2)10(12)8-9(3)4/h9-10,12H,6-8H2,1-5H3. The van der Waals surface area contributed by atoms with Crippen LogP contribution >= 0.6 is 0 Å². The quantitative estimate of drug-likeness (QED) is 0.694. The van der Waals surface area contributed by atoms with Crippen molar-refractivity contribution in [3.63, 3.8) is 0 Å².